The Kier molecular flexibility index (Phi) is 4.91. The predicted octanol–water partition coefficient (Wildman–Crippen LogP) is 2.73. The van der Waals surface area contributed by atoms with Crippen LogP contribution in [0.1, 0.15) is 36.8 Å². The van der Waals surface area contributed by atoms with E-state index in [1.54, 1.807) is 40.1 Å². The number of ether oxygens (including phenoxy) is 1. The van der Waals surface area contributed by atoms with Crippen molar-refractivity contribution in [2.75, 3.05) is 18.5 Å². The maximum Gasteiger partial charge on any atom is 0.416 e. The van der Waals surface area contributed by atoms with Gasteiger partial charge in [-0.25, -0.2) is 19.7 Å². The number of amides is 2. The summed E-state index contributed by atoms with van der Waals surface area (Å²) in [5, 5.41) is 2.84. The summed E-state index contributed by atoms with van der Waals surface area (Å²) in [5.74, 6) is 0.142. The number of aromatic amines is 1. The lowest BCUT2D eigenvalue weighted by Crippen LogP contribution is -2.35. The predicted molar refractivity (Wildman–Crippen MR) is 105 cm³/mol. The van der Waals surface area contributed by atoms with Crippen LogP contribution in [0.3, 0.4) is 0 Å². The van der Waals surface area contributed by atoms with Gasteiger partial charge in [-0.15, -0.1) is 0 Å². The molecule has 0 bridgehead atoms. The highest BCUT2D eigenvalue weighted by molar-refractivity contribution is 14.1. The molecule has 26 heavy (non-hydrogen) atoms. The van der Waals surface area contributed by atoms with Crippen LogP contribution in [0.2, 0.25) is 0 Å². The second-order valence-electron chi connectivity index (χ2n) is 6.95. The first-order valence-corrected chi connectivity index (χ1v) is 9.24. The Morgan fingerprint density at radius 1 is 1.38 bits per heavy atom. The van der Waals surface area contributed by atoms with Gasteiger partial charge in [0.2, 0.25) is 5.95 Å². The van der Waals surface area contributed by atoms with E-state index in [0.29, 0.717) is 17.8 Å². The smallest absolute Gasteiger partial charge is 0.416 e. The maximum absolute atomic E-state index is 12.2. The van der Waals surface area contributed by atoms with Crippen molar-refractivity contribution in [1.29, 1.82) is 0 Å². The van der Waals surface area contributed by atoms with Gasteiger partial charge >= 0.3 is 6.09 Å². The molecule has 0 atom stereocenters. The molecule has 138 valence electrons. The van der Waals surface area contributed by atoms with Crippen molar-refractivity contribution in [3.05, 3.63) is 27.1 Å². The molecule has 0 aromatic carbocycles. The molecule has 0 radical (unpaired) electrons. The number of aromatic nitrogens is 3. The second-order valence-corrected chi connectivity index (χ2v) is 8.03. The van der Waals surface area contributed by atoms with E-state index in [1.165, 1.54) is 4.90 Å². The van der Waals surface area contributed by atoms with E-state index in [4.69, 9.17) is 4.74 Å². The first-order valence-electron chi connectivity index (χ1n) is 8.16. The molecule has 0 aliphatic carbocycles. The summed E-state index contributed by atoms with van der Waals surface area (Å²) < 4.78 is 6.15. The average Bonchev–Trinajstić information content (AvgIpc) is 2.91. The number of hydrogen-bond acceptors (Lipinski definition) is 5. The Balaban J connectivity index is 1.93. The summed E-state index contributed by atoms with van der Waals surface area (Å²) >= 11 is 2.14. The van der Waals surface area contributed by atoms with Crippen molar-refractivity contribution < 1.29 is 14.3 Å². The number of nitrogens with one attached hydrogen (secondary N) is 2. The Morgan fingerprint density at radius 3 is 2.77 bits per heavy atom. The summed E-state index contributed by atoms with van der Waals surface area (Å²) in [6.07, 6.45) is 1.79. The third-order valence-corrected chi connectivity index (χ3v) is 4.85. The van der Waals surface area contributed by atoms with Gasteiger partial charge in [0.25, 0.3) is 5.91 Å². The molecule has 3 rings (SSSR count). The lowest BCUT2D eigenvalue weighted by Gasteiger charge is -2.23. The quantitative estimate of drug-likeness (QED) is 0.660. The van der Waals surface area contributed by atoms with E-state index >= 15 is 0 Å². The van der Waals surface area contributed by atoms with Gasteiger partial charge in [0.15, 0.2) is 0 Å². The summed E-state index contributed by atoms with van der Waals surface area (Å²) in [6, 6.07) is 1.74. The van der Waals surface area contributed by atoms with Crippen molar-refractivity contribution in [2.45, 2.75) is 32.8 Å². The zero-order chi connectivity index (χ0) is 19.1. The monoisotopic (exact) mass is 469 g/mol. The van der Waals surface area contributed by atoms with E-state index in [0.717, 1.165) is 21.4 Å². The lowest BCUT2D eigenvalue weighted by atomic mass is 10.1. The standard InChI is InChI=1S/C17H20IN5O3/c1-17(2,3)26-16(25)23(4)15-20-8-6-10(22-15)13-12(18)11-9(21-13)5-7-19-14(11)24/h6,8,21H,5,7H2,1-4H3,(H,19,24). The molecule has 2 amide bonds. The maximum atomic E-state index is 12.2. The molecule has 0 unspecified atom stereocenters. The first-order chi connectivity index (χ1) is 12.2. The fourth-order valence-electron chi connectivity index (χ4n) is 2.58. The molecule has 0 saturated carbocycles. The zero-order valence-electron chi connectivity index (χ0n) is 15.0. The third kappa shape index (κ3) is 3.67. The molecular weight excluding hydrogens is 449 g/mol. The number of nitrogens with zero attached hydrogens (tertiary/aromatic N) is 3. The summed E-state index contributed by atoms with van der Waals surface area (Å²) in [6.45, 7) is 6.00. The molecule has 1 aliphatic heterocycles. The molecule has 2 N–H and O–H groups in total. The first kappa shape index (κ1) is 18.6. The molecule has 3 heterocycles. The van der Waals surface area contributed by atoms with Crippen molar-refractivity contribution in [3.8, 4) is 11.4 Å². The van der Waals surface area contributed by atoms with Gasteiger partial charge in [-0.05, 0) is 49.4 Å². The minimum Gasteiger partial charge on any atom is -0.443 e. The number of H-pyrrole nitrogens is 1. The number of carbonyl (C=O) groups is 2. The van der Waals surface area contributed by atoms with E-state index in [9.17, 15) is 9.59 Å². The number of carbonyl (C=O) groups excluding carboxylic acids is 2. The van der Waals surface area contributed by atoms with Gasteiger partial charge in [0.1, 0.15) is 5.60 Å². The molecule has 0 fully saturated rings. The van der Waals surface area contributed by atoms with Crippen LogP contribution < -0.4 is 10.2 Å². The van der Waals surface area contributed by atoms with Gasteiger partial charge < -0.3 is 15.0 Å². The average molecular weight is 469 g/mol. The Bertz CT molecular complexity index is 872. The zero-order valence-corrected chi connectivity index (χ0v) is 17.2. The summed E-state index contributed by atoms with van der Waals surface area (Å²) in [4.78, 5) is 37.5. The molecule has 0 spiro atoms. The van der Waals surface area contributed by atoms with Crippen LogP contribution >= 0.6 is 22.6 Å². The van der Waals surface area contributed by atoms with Gasteiger partial charge in [-0.2, -0.15) is 0 Å². The fourth-order valence-corrected chi connectivity index (χ4v) is 3.56. The van der Waals surface area contributed by atoms with Gasteiger partial charge in [-0.1, -0.05) is 0 Å². The molecule has 2 aromatic heterocycles. The highest BCUT2D eigenvalue weighted by Crippen LogP contribution is 2.30. The van der Waals surface area contributed by atoms with Crippen molar-refractivity contribution in [2.24, 2.45) is 0 Å². The van der Waals surface area contributed by atoms with Crippen LogP contribution in [0, 0.1) is 3.57 Å². The topological polar surface area (TPSA) is 100 Å². The number of anilines is 1. The van der Waals surface area contributed by atoms with Gasteiger partial charge in [-0.3, -0.25) is 4.79 Å². The van der Waals surface area contributed by atoms with E-state index in [2.05, 4.69) is 42.9 Å². The highest BCUT2D eigenvalue weighted by atomic mass is 127. The Morgan fingerprint density at radius 2 is 2.12 bits per heavy atom. The largest absolute Gasteiger partial charge is 0.443 e. The molecule has 1 aliphatic rings. The highest BCUT2D eigenvalue weighted by Gasteiger charge is 2.27. The van der Waals surface area contributed by atoms with Crippen LogP contribution in [-0.4, -0.2) is 46.1 Å². The molecule has 0 saturated heterocycles. The van der Waals surface area contributed by atoms with Crippen molar-refractivity contribution in [3.63, 3.8) is 0 Å². The van der Waals surface area contributed by atoms with Crippen LogP contribution in [0.5, 0.6) is 0 Å². The van der Waals surface area contributed by atoms with Crippen LogP contribution in [0.15, 0.2) is 12.3 Å². The Labute approximate surface area is 164 Å². The normalized spacial score (nSPS) is 13.8. The van der Waals surface area contributed by atoms with Gasteiger partial charge in [0.05, 0.1) is 20.5 Å². The second kappa shape index (κ2) is 6.86. The molecule has 2 aromatic rings. The summed E-state index contributed by atoms with van der Waals surface area (Å²) in [7, 11) is 1.56. The molecule has 8 nitrogen and oxygen atoms in total. The fraction of sp³-hybridized carbons (Fsp3) is 0.412. The molecule has 9 heteroatoms. The van der Waals surface area contributed by atoms with Crippen LogP contribution in [0.25, 0.3) is 11.4 Å². The summed E-state index contributed by atoms with van der Waals surface area (Å²) in [5.41, 5.74) is 2.30. The third-order valence-electron chi connectivity index (χ3n) is 3.77. The molecular formula is C17H20IN5O3. The van der Waals surface area contributed by atoms with Gasteiger partial charge in [0, 0.05) is 31.9 Å². The van der Waals surface area contributed by atoms with Crippen LogP contribution in [-0.2, 0) is 11.2 Å². The number of hydrogen-bond donors (Lipinski definition) is 2. The Hall–Kier alpha value is -2.17. The number of rotatable bonds is 2. The minimum atomic E-state index is -0.607. The van der Waals surface area contributed by atoms with E-state index in [1.807, 2.05) is 0 Å². The van der Waals surface area contributed by atoms with E-state index in [-0.39, 0.29) is 11.9 Å². The van der Waals surface area contributed by atoms with E-state index < -0.39 is 11.7 Å². The lowest BCUT2D eigenvalue weighted by molar-refractivity contribution is 0.0587. The van der Waals surface area contributed by atoms with Crippen molar-refractivity contribution in [1.82, 2.24) is 20.3 Å². The SMILES string of the molecule is CN(C(=O)OC(C)(C)C)c1nccc(-c2[nH]c3c(c2I)C(=O)NCC3)n1. The number of halogens is 1. The van der Waals surface area contributed by atoms with Crippen molar-refractivity contribution >= 4 is 40.5 Å². The minimum absolute atomic E-state index is 0.0849. The van der Waals surface area contributed by atoms with Crippen LogP contribution in [0.4, 0.5) is 10.7 Å². The number of fused-ring (bicyclic) bond motifs is 1.